The van der Waals surface area contributed by atoms with E-state index in [4.69, 9.17) is 0 Å². The normalized spacial score (nSPS) is 23.5. The van der Waals surface area contributed by atoms with Crippen LogP contribution < -0.4 is 0 Å². The van der Waals surface area contributed by atoms with Crippen LogP contribution in [-0.4, -0.2) is 28.9 Å². The number of rotatable bonds is 1. The molecular formula is C16H13IN2O. The van der Waals surface area contributed by atoms with Gasteiger partial charge in [-0.15, -0.1) is 0 Å². The van der Waals surface area contributed by atoms with Crippen LogP contribution in [0.5, 0.6) is 0 Å². The molecular weight excluding hydrogens is 363 g/mol. The zero-order valence-electron chi connectivity index (χ0n) is 10.8. The van der Waals surface area contributed by atoms with Gasteiger partial charge in [-0.25, -0.2) is 0 Å². The van der Waals surface area contributed by atoms with Gasteiger partial charge in [0, 0.05) is 26.8 Å². The maximum absolute atomic E-state index is 11.5. The maximum atomic E-state index is 11.5. The number of halogens is 1. The van der Waals surface area contributed by atoms with Crippen LogP contribution in [-0.2, 0) is 5.72 Å². The summed E-state index contributed by atoms with van der Waals surface area (Å²) >= 11 is 2.28. The molecule has 0 aliphatic carbocycles. The van der Waals surface area contributed by atoms with Gasteiger partial charge in [-0.1, -0.05) is 36.4 Å². The predicted molar refractivity (Wildman–Crippen MR) is 86.7 cm³/mol. The quantitative estimate of drug-likeness (QED) is 0.777. The number of hydrogen-bond donors (Lipinski definition) is 1. The lowest BCUT2D eigenvalue weighted by molar-refractivity contribution is -0.0242. The van der Waals surface area contributed by atoms with E-state index in [1.54, 1.807) is 0 Å². The summed E-state index contributed by atoms with van der Waals surface area (Å²) in [7, 11) is 0. The number of fused-ring (bicyclic) bond motifs is 3. The van der Waals surface area contributed by atoms with Gasteiger partial charge in [0.15, 0.2) is 5.72 Å². The molecule has 0 bridgehead atoms. The Kier molecular flexibility index (Phi) is 2.65. The van der Waals surface area contributed by atoms with E-state index in [2.05, 4.69) is 27.6 Å². The van der Waals surface area contributed by atoms with Crippen molar-refractivity contribution in [1.82, 2.24) is 4.90 Å². The van der Waals surface area contributed by atoms with Crippen LogP contribution in [0.2, 0.25) is 0 Å². The Labute approximate surface area is 131 Å². The Hall–Kier alpha value is -1.40. The molecule has 3 nitrogen and oxygen atoms in total. The van der Waals surface area contributed by atoms with Gasteiger partial charge in [-0.3, -0.25) is 4.99 Å². The van der Waals surface area contributed by atoms with Gasteiger partial charge >= 0.3 is 0 Å². The highest BCUT2D eigenvalue weighted by molar-refractivity contribution is 14.1. The number of aliphatic hydroxyl groups is 1. The monoisotopic (exact) mass is 376 g/mol. The molecule has 2 aromatic rings. The van der Waals surface area contributed by atoms with Crippen molar-refractivity contribution in [2.75, 3.05) is 13.1 Å². The van der Waals surface area contributed by atoms with Crippen LogP contribution in [0.1, 0.15) is 16.7 Å². The zero-order valence-corrected chi connectivity index (χ0v) is 12.9. The maximum Gasteiger partial charge on any atom is 0.193 e. The Balaban J connectivity index is 1.99. The molecule has 1 N–H and O–H groups in total. The van der Waals surface area contributed by atoms with E-state index in [1.165, 1.54) is 0 Å². The highest BCUT2D eigenvalue weighted by Gasteiger charge is 2.49. The molecule has 0 radical (unpaired) electrons. The number of amidine groups is 1. The van der Waals surface area contributed by atoms with Crippen molar-refractivity contribution in [3.8, 4) is 0 Å². The fourth-order valence-electron chi connectivity index (χ4n) is 3.14. The minimum Gasteiger partial charge on any atom is -0.363 e. The van der Waals surface area contributed by atoms with Gasteiger partial charge in [0.2, 0.25) is 0 Å². The highest BCUT2D eigenvalue weighted by atomic mass is 127. The number of hydrogen-bond acceptors (Lipinski definition) is 3. The first kappa shape index (κ1) is 12.3. The van der Waals surface area contributed by atoms with Crippen LogP contribution in [0.3, 0.4) is 0 Å². The Morgan fingerprint density at radius 1 is 1.15 bits per heavy atom. The summed E-state index contributed by atoms with van der Waals surface area (Å²) in [5.74, 6) is 0.918. The molecule has 0 spiro atoms. The molecule has 0 saturated heterocycles. The van der Waals surface area contributed by atoms with Gasteiger partial charge in [0.25, 0.3) is 0 Å². The summed E-state index contributed by atoms with van der Waals surface area (Å²) < 4.78 is 1.12. The third-order valence-corrected chi connectivity index (χ3v) is 4.67. The van der Waals surface area contributed by atoms with Crippen LogP contribution in [0.15, 0.2) is 53.5 Å². The van der Waals surface area contributed by atoms with E-state index in [-0.39, 0.29) is 0 Å². The van der Waals surface area contributed by atoms with Crippen molar-refractivity contribution < 1.29 is 5.11 Å². The van der Waals surface area contributed by atoms with Gasteiger partial charge in [0.1, 0.15) is 5.84 Å². The van der Waals surface area contributed by atoms with Crippen molar-refractivity contribution in [1.29, 1.82) is 0 Å². The number of nitrogens with zero attached hydrogens (tertiary/aromatic N) is 2. The lowest BCUT2D eigenvalue weighted by Gasteiger charge is -2.34. The van der Waals surface area contributed by atoms with Crippen molar-refractivity contribution in [3.05, 3.63) is 68.8 Å². The first-order valence-corrected chi connectivity index (χ1v) is 7.69. The minimum absolute atomic E-state index is 0.746. The van der Waals surface area contributed by atoms with E-state index < -0.39 is 5.72 Å². The first-order chi connectivity index (χ1) is 9.71. The molecule has 2 aliphatic rings. The Morgan fingerprint density at radius 2 is 2.00 bits per heavy atom. The Bertz CT molecular complexity index is 728. The second-order valence-corrected chi connectivity index (χ2v) is 6.33. The third kappa shape index (κ3) is 1.52. The second-order valence-electron chi connectivity index (χ2n) is 5.09. The summed E-state index contributed by atoms with van der Waals surface area (Å²) in [6, 6.07) is 16.1. The standard InChI is InChI=1S/C16H13IN2O/c17-12-5-3-4-11(10-12)16(20)14-7-2-1-6-13(14)15-18-8-9-19(15)16/h1-7,10,20H,8-9H2. The lowest BCUT2D eigenvalue weighted by atomic mass is 9.94. The molecule has 0 amide bonds. The molecule has 100 valence electrons. The zero-order chi connectivity index (χ0) is 13.7. The smallest absolute Gasteiger partial charge is 0.193 e. The average Bonchev–Trinajstić information content (AvgIpc) is 3.03. The van der Waals surface area contributed by atoms with E-state index in [0.29, 0.717) is 0 Å². The van der Waals surface area contributed by atoms with Crippen molar-refractivity contribution in [3.63, 3.8) is 0 Å². The van der Waals surface area contributed by atoms with Crippen LogP contribution >= 0.6 is 22.6 Å². The van der Waals surface area contributed by atoms with Gasteiger partial charge in [-0.05, 0) is 34.7 Å². The molecule has 2 aromatic carbocycles. The molecule has 1 atom stereocenters. The summed E-state index contributed by atoms with van der Waals surface area (Å²) in [6.45, 7) is 1.50. The van der Waals surface area contributed by atoms with E-state index >= 15 is 0 Å². The van der Waals surface area contributed by atoms with Crippen molar-refractivity contribution >= 4 is 28.4 Å². The van der Waals surface area contributed by atoms with Crippen LogP contribution in [0.25, 0.3) is 0 Å². The van der Waals surface area contributed by atoms with Crippen molar-refractivity contribution in [2.24, 2.45) is 4.99 Å². The van der Waals surface area contributed by atoms with Gasteiger partial charge in [0.05, 0.1) is 6.54 Å². The van der Waals surface area contributed by atoms with E-state index in [9.17, 15) is 5.11 Å². The topological polar surface area (TPSA) is 35.8 Å². The first-order valence-electron chi connectivity index (χ1n) is 6.61. The molecule has 2 aliphatic heterocycles. The van der Waals surface area contributed by atoms with Crippen molar-refractivity contribution in [2.45, 2.75) is 5.72 Å². The van der Waals surface area contributed by atoms with Gasteiger partial charge < -0.3 is 10.0 Å². The fraction of sp³-hybridized carbons (Fsp3) is 0.188. The van der Waals surface area contributed by atoms with Crippen LogP contribution in [0, 0.1) is 3.57 Å². The predicted octanol–water partition coefficient (Wildman–Crippen LogP) is 2.56. The largest absolute Gasteiger partial charge is 0.363 e. The molecule has 20 heavy (non-hydrogen) atoms. The SMILES string of the molecule is OC1(c2cccc(I)c2)c2ccccc2C2=NCCN21. The summed E-state index contributed by atoms with van der Waals surface area (Å²) in [6.07, 6.45) is 0. The van der Waals surface area contributed by atoms with Gasteiger partial charge in [-0.2, -0.15) is 0 Å². The third-order valence-electron chi connectivity index (χ3n) is 4.00. The lowest BCUT2D eigenvalue weighted by Crippen LogP contribution is -2.43. The fourth-order valence-corrected chi connectivity index (χ4v) is 3.68. The van der Waals surface area contributed by atoms with Crippen LogP contribution in [0.4, 0.5) is 0 Å². The second kappa shape index (κ2) is 4.30. The summed E-state index contributed by atoms with van der Waals surface area (Å²) in [5.41, 5.74) is 1.79. The molecule has 0 fully saturated rings. The number of aliphatic imine (C=N–C) groups is 1. The Morgan fingerprint density at radius 3 is 2.85 bits per heavy atom. The molecule has 1 unspecified atom stereocenters. The molecule has 0 aromatic heterocycles. The molecule has 4 rings (SSSR count). The molecule has 0 saturated carbocycles. The average molecular weight is 376 g/mol. The summed E-state index contributed by atoms with van der Waals surface area (Å²) in [5, 5.41) is 11.5. The number of benzene rings is 2. The molecule has 2 heterocycles. The molecule has 4 heteroatoms. The van der Waals surface area contributed by atoms with E-state index in [1.807, 2.05) is 53.4 Å². The summed E-state index contributed by atoms with van der Waals surface area (Å²) in [4.78, 5) is 6.58. The highest BCUT2D eigenvalue weighted by Crippen LogP contribution is 2.43. The minimum atomic E-state index is -1.09. The van der Waals surface area contributed by atoms with E-state index in [0.717, 1.165) is 39.2 Å².